The summed E-state index contributed by atoms with van der Waals surface area (Å²) in [7, 11) is 0. The number of rotatable bonds is 6. The van der Waals surface area contributed by atoms with Gasteiger partial charge in [0.2, 0.25) is 5.91 Å². The van der Waals surface area contributed by atoms with Crippen LogP contribution in [-0.2, 0) is 9.59 Å². The van der Waals surface area contributed by atoms with E-state index in [-0.39, 0.29) is 24.5 Å². The fraction of sp³-hybridized carbons (Fsp3) is 0.833. The molecule has 0 aliphatic heterocycles. The highest BCUT2D eigenvalue weighted by atomic mass is 16.4. The number of aliphatic hydroxyl groups is 1. The monoisotopic (exact) mass is 243 g/mol. The predicted octanol–water partition coefficient (Wildman–Crippen LogP) is 0.764. The summed E-state index contributed by atoms with van der Waals surface area (Å²) in [5.41, 5.74) is 0. The SMILES string of the molecule is CC(CCCO)NC(=O)[C@@H]1CCC[C@@H]1C(=O)O. The largest absolute Gasteiger partial charge is 0.481 e. The summed E-state index contributed by atoms with van der Waals surface area (Å²) in [6.45, 7) is 1.99. The van der Waals surface area contributed by atoms with Gasteiger partial charge in [0, 0.05) is 12.6 Å². The Bertz CT molecular complexity index is 280. The highest BCUT2D eigenvalue weighted by Crippen LogP contribution is 2.32. The molecule has 0 radical (unpaired) electrons. The van der Waals surface area contributed by atoms with Gasteiger partial charge in [0.15, 0.2) is 0 Å². The Labute approximate surface area is 101 Å². The van der Waals surface area contributed by atoms with Crippen LogP contribution in [0.1, 0.15) is 39.0 Å². The van der Waals surface area contributed by atoms with Gasteiger partial charge in [-0.05, 0) is 32.6 Å². The Balaban J connectivity index is 2.43. The van der Waals surface area contributed by atoms with Crippen molar-refractivity contribution in [3.8, 4) is 0 Å². The smallest absolute Gasteiger partial charge is 0.307 e. The maximum absolute atomic E-state index is 11.9. The van der Waals surface area contributed by atoms with Gasteiger partial charge in [-0.3, -0.25) is 9.59 Å². The van der Waals surface area contributed by atoms with Crippen molar-refractivity contribution in [2.45, 2.75) is 45.1 Å². The van der Waals surface area contributed by atoms with Gasteiger partial charge >= 0.3 is 5.97 Å². The first kappa shape index (κ1) is 14.0. The Hall–Kier alpha value is -1.10. The van der Waals surface area contributed by atoms with Crippen LogP contribution >= 0.6 is 0 Å². The Morgan fingerprint density at radius 2 is 2.00 bits per heavy atom. The molecule has 17 heavy (non-hydrogen) atoms. The van der Waals surface area contributed by atoms with Crippen LogP contribution < -0.4 is 5.32 Å². The molecule has 0 spiro atoms. The minimum absolute atomic E-state index is 0.00954. The van der Waals surface area contributed by atoms with Crippen molar-refractivity contribution < 1.29 is 19.8 Å². The molecule has 0 aromatic rings. The summed E-state index contributed by atoms with van der Waals surface area (Å²) < 4.78 is 0. The predicted molar refractivity (Wildman–Crippen MR) is 62.4 cm³/mol. The summed E-state index contributed by atoms with van der Waals surface area (Å²) in [5, 5.41) is 20.5. The first-order valence-corrected chi connectivity index (χ1v) is 6.20. The lowest BCUT2D eigenvalue weighted by molar-refractivity contribution is -0.146. The van der Waals surface area contributed by atoms with Crippen molar-refractivity contribution in [2.75, 3.05) is 6.61 Å². The Morgan fingerprint density at radius 3 is 2.59 bits per heavy atom. The standard InChI is InChI=1S/C12H21NO4/c1-8(4-3-7-14)13-11(15)9-5-2-6-10(9)12(16)17/h8-10,14H,2-7H2,1H3,(H,13,15)(H,16,17)/t8?,9-,10+/m1/s1. The number of aliphatic carboxylic acids is 1. The van der Waals surface area contributed by atoms with Crippen LogP contribution in [0, 0.1) is 11.8 Å². The third kappa shape index (κ3) is 4.00. The van der Waals surface area contributed by atoms with Crippen molar-refractivity contribution in [3.63, 3.8) is 0 Å². The molecule has 0 aromatic heterocycles. The van der Waals surface area contributed by atoms with Gasteiger partial charge in [-0.1, -0.05) is 6.42 Å². The summed E-state index contributed by atoms with van der Waals surface area (Å²) >= 11 is 0. The molecule has 1 amide bonds. The normalized spacial score (nSPS) is 25.5. The first-order valence-electron chi connectivity index (χ1n) is 6.20. The van der Waals surface area contributed by atoms with Crippen LogP contribution in [0.2, 0.25) is 0 Å². The summed E-state index contributed by atoms with van der Waals surface area (Å²) in [5.74, 6) is -1.94. The minimum atomic E-state index is -0.870. The number of carbonyl (C=O) groups excluding carboxylic acids is 1. The lowest BCUT2D eigenvalue weighted by atomic mass is 9.95. The van der Waals surface area contributed by atoms with Gasteiger partial charge < -0.3 is 15.5 Å². The van der Waals surface area contributed by atoms with E-state index in [2.05, 4.69) is 5.32 Å². The van der Waals surface area contributed by atoms with E-state index >= 15 is 0 Å². The second-order valence-electron chi connectivity index (χ2n) is 4.76. The van der Waals surface area contributed by atoms with Crippen LogP contribution in [0.15, 0.2) is 0 Å². The molecule has 0 bridgehead atoms. The number of hydrogen-bond acceptors (Lipinski definition) is 3. The zero-order valence-electron chi connectivity index (χ0n) is 10.2. The maximum atomic E-state index is 11.9. The first-order chi connectivity index (χ1) is 8.06. The average Bonchev–Trinajstić information content (AvgIpc) is 2.75. The Kier molecular flexibility index (Phi) is 5.41. The molecule has 98 valence electrons. The second kappa shape index (κ2) is 6.59. The van der Waals surface area contributed by atoms with E-state index in [0.717, 1.165) is 6.42 Å². The summed E-state index contributed by atoms with van der Waals surface area (Å²) in [6.07, 6.45) is 3.43. The van der Waals surface area contributed by atoms with E-state index in [1.807, 2.05) is 6.92 Å². The summed E-state index contributed by atoms with van der Waals surface area (Å²) in [6, 6.07) is -0.00954. The van der Waals surface area contributed by atoms with E-state index in [1.165, 1.54) is 0 Å². The quantitative estimate of drug-likeness (QED) is 0.643. The van der Waals surface area contributed by atoms with Crippen molar-refractivity contribution in [1.82, 2.24) is 5.32 Å². The van der Waals surface area contributed by atoms with E-state index in [9.17, 15) is 9.59 Å². The number of aliphatic hydroxyl groups excluding tert-OH is 1. The summed E-state index contributed by atoms with van der Waals surface area (Å²) in [4.78, 5) is 22.9. The van der Waals surface area contributed by atoms with Crippen LogP contribution in [0.3, 0.4) is 0 Å². The van der Waals surface area contributed by atoms with Crippen LogP contribution in [0.25, 0.3) is 0 Å². The van der Waals surface area contributed by atoms with Crippen LogP contribution in [-0.4, -0.2) is 34.7 Å². The van der Waals surface area contributed by atoms with Crippen molar-refractivity contribution in [1.29, 1.82) is 0 Å². The number of carboxylic acid groups (broad SMARTS) is 1. The second-order valence-corrected chi connectivity index (χ2v) is 4.76. The molecule has 5 heteroatoms. The molecule has 0 aromatic carbocycles. The fourth-order valence-corrected chi connectivity index (χ4v) is 2.39. The molecular formula is C12H21NO4. The molecular weight excluding hydrogens is 222 g/mol. The number of hydrogen-bond donors (Lipinski definition) is 3. The average molecular weight is 243 g/mol. The highest BCUT2D eigenvalue weighted by molar-refractivity contribution is 5.85. The van der Waals surface area contributed by atoms with Gasteiger partial charge in [-0.15, -0.1) is 0 Å². The van der Waals surface area contributed by atoms with Crippen molar-refractivity contribution >= 4 is 11.9 Å². The van der Waals surface area contributed by atoms with Gasteiger partial charge in [0.1, 0.15) is 0 Å². The molecule has 1 aliphatic rings. The third-order valence-electron chi connectivity index (χ3n) is 3.35. The number of carboxylic acids is 1. The van der Waals surface area contributed by atoms with E-state index in [4.69, 9.17) is 10.2 Å². The third-order valence-corrected chi connectivity index (χ3v) is 3.35. The molecule has 5 nitrogen and oxygen atoms in total. The van der Waals surface area contributed by atoms with E-state index in [1.54, 1.807) is 0 Å². The molecule has 0 heterocycles. The van der Waals surface area contributed by atoms with Gasteiger partial charge in [0.05, 0.1) is 11.8 Å². The molecule has 3 atom stereocenters. The lowest BCUT2D eigenvalue weighted by Crippen LogP contribution is -2.40. The van der Waals surface area contributed by atoms with Gasteiger partial charge in [0.25, 0.3) is 0 Å². The highest BCUT2D eigenvalue weighted by Gasteiger charge is 2.37. The van der Waals surface area contributed by atoms with E-state index < -0.39 is 11.9 Å². The molecule has 0 saturated heterocycles. The number of nitrogens with one attached hydrogen (secondary N) is 1. The van der Waals surface area contributed by atoms with Gasteiger partial charge in [-0.25, -0.2) is 0 Å². The molecule has 1 saturated carbocycles. The van der Waals surface area contributed by atoms with Crippen molar-refractivity contribution in [2.24, 2.45) is 11.8 Å². The van der Waals surface area contributed by atoms with Crippen LogP contribution in [0.4, 0.5) is 0 Å². The van der Waals surface area contributed by atoms with Gasteiger partial charge in [-0.2, -0.15) is 0 Å². The Morgan fingerprint density at radius 1 is 1.35 bits per heavy atom. The van der Waals surface area contributed by atoms with E-state index in [0.29, 0.717) is 25.7 Å². The maximum Gasteiger partial charge on any atom is 0.307 e. The number of carbonyl (C=O) groups is 2. The molecule has 1 unspecified atom stereocenters. The zero-order chi connectivity index (χ0) is 12.8. The molecule has 1 fully saturated rings. The number of amides is 1. The fourth-order valence-electron chi connectivity index (χ4n) is 2.39. The van der Waals surface area contributed by atoms with Crippen LogP contribution in [0.5, 0.6) is 0 Å². The zero-order valence-corrected chi connectivity index (χ0v) is 10.2. The lowest BCUT2D eigenvalue weighted by Gasteiger charge is -2.19. The topological polar surface area (TPSA) is 86.6 Å². The molecule has 1 aliphatic carbocycles. The molecule has 3 N–H and O–H groups in total. The molecule has 1 rings (SSSR count). The minimum Gasteiger partial charge on any atom is -0.481 e. The van der Waals surface area contributed by atoms with Crippen molar-refractivity contribution in [3.05, 3.63) is 0 Å².